The second kappa shape index (κ2) is 6.69. The third-order valence-electron chi connectivity index (χ3n) is 2.41. The lowest BCUT2D eigenvalue weighted by Gasteiger charge is -2.22. The fourth-order valence-electron chi connectivity index (χ4n) is 1.67. The van der Waals surface area contributed by atoms with Gasteiger partial charge in [0.15, 0.2) is 0 Å². The first-order valence-corrected chi connectivity index (χ1v) is 6.40. The summed E-state index contributed by atoms with van der Waals surface area (Å²) >= 11 is 5.81. The molecule has 0 aliphatic heterocycles. The van der Waals surface area contributed by atoms with E-state index in [-0.39, 0.29) is 0 Å². The molecule has 16 heavy (non-hydrogen) atoms. The third kappa shape index (κ3) is 3.63. The molecular formula is C12H20ClN3. The van der Waals surface area contributed by atoms with Crippen molar-refractivity contribution in [2.75, 3.05) is 23.9 Å². The molecule has 90 valence electrons. The summed E-state index contributed by atoms with van der Waals surface area (Å²) in [5.41, 5.74) is 1.10. The minimum absolute atomic E-state index is 0.629. The van der Waals surface area contributed by atoms with Crippen molar-refractivity contribution in [3.05, 3.63) is 17.6 Å². The van der Waals surface area contributed by atoms with Crippen LogP contribution >= 0.6 is 11.6 Å². The second-order valence-electron chi connectivity index (χ2n) is 3.79. The summed E-state index contributed by atoms with van der Waals surface area (Å²) in [7, 11) is 0. The zero-order chi connectivity index (χ0) is 12.0. The fourth-order valence-corrected chi connectivity index (χ4v) is 1.87. The van der Waals surface area contributed by atoms with E-state index in [4.69, 9.17) is 11.6 Å². The average molecular weight is 242 g/mol. The first kappa shape index (κ1) is 13.2. The largest absolute Gasteiger partial charge is 0.355 e. The molecule has 0 fully saturated rings. The summed E-state index contributed by atoms with van der Waals surface area (Å²) in [5, 5.41) is 0. The lowest BCUT2D eigenvalue weighted by Crippen LogP contribution is -2.27. The van der Waals surface area contributed by atoms with Crippen molar-refractivity contribution in [1.29, 1.82) is 0 Å². The first-order valence-electron chi connectivity index (χ1n) is 5.86. The Bertz CT molecular complexity index is 322. The van der Waals surface area contributed by atoms with Crippen LogP contribution in [0.5, 0.6) is 0 Å². The highest BCUT2D eigenvalue weighted by atomic mass is 35.5. The molecule has 0 saturated heterocycles. The molecule has 0 saturated carbocycles. The highest BCUT2D eigenvalue weighted by Gasteiger charge is 2.08. The molecule has 3 nitrogen and oxygen atoms in total. The van der Waals surface area contributed by atoms with E-state index >= 15 is 0 Å². The van der Waals surface area contributed by atoms with Crippen molar-refractivity contribution in [3.8, 4) is 0 Å². The van der Waals surface area contributed by atoms with Gasteiger partial charge < -0.3 is 4.90 Å². The Morgan fingerprint density at radius 1 is 1.25 bits per heavy atom. The zero-order valence-electron chi connectivity index (χ0n) is 10.3. The summed E-state index contributed by atoms with van der Waals surface area (Å²) in [4.78, 5) is 11.1. The van der Waals surface area contributed by atoms with Crippen molar-refractivity contribution in [2.45, 2.75) is 33.6 Å². The number of alkyl halides is 1. The SMILES string of the molecule is CCCN(CCCl)c1cc(CC)nc(C)n1. The van der Waals surface area contributed by atoms with Crippen molar-refractivity contribution in [2.24, 2.45) is 0 Å². The first-order chi connectivity index (χ1) is 7.71. The number of aromatic nitrogens is 2. The fraction of sp³-hybridized carbons (Fsp3) is 0.667. The van der Waals surface area contributed by atoms with Gasteiger partial charge in [-0.05, 0) is 19.8 Å². The molecule has 0 amide bonds. The van der Waals surface area contributed by atoms with Gasteiger partial charge in [-0.3, -0.25) is 0 Å². The molecule has 1 aromatic rings. The Balaban J connectivity index is 2.93. The molecule has 1 heterocycles. The van der Waals surface area contributed by atoms with Crippen molar-refractivity contribution in [3.63, 3.8) is 0 Å². The van der Waals surface area contributed by atoms with E-state index in [1.54, 1.807) is 0 Å². The number of nitrogens with zero attached hydrogens (tertiary/aromatic N) is 3. The third-order valence-corrected chi connectivity index (χ3v) is 2.58. The summed E-state index contributed by atoms with van der Waals surface area (Å²) in [6.45, 7) is 8.04. The van der Waals surface area contributed by atoms with Crippen LogP contribution < -0.4 is 4.90 Å². The highest BCUT2D eigenvalue weighted by molar-refractivity contribution is 6.18. The highest BCUT2D eigenvalue weighted by Crippen LogP contribution is 2.13. The molecular weight excluding hydrogens is 222 g/mol. The maximum Gasteiger partial charge on any atom is 0.132 e. The van der Waals surface area contributed by atoms with E-state index in [9.17, 15) is 0 Å². The molecule has 1 aromatic heterocycles. The Labute approximate surface area is 103 Å². The number of aryl methyl sites for hydroxylation is 2. The number of hydrogen-bond donors (Lipinski definition) is 0. The predicted molar refractivity (Wildman–Crippen MR) is 69.4 cm³/mol. The Hall–Kier alpha value is -0.830. The number of hydrogen-bond acceptors (Lipinski definition) is 3. The molecule has 0 N–H and O–H groups in total. The van der Waals surface area contributed by atoms with E-state index < -0.39 is 0 Å². The van der Waals surface area contributed by atoms with E-state index in [1.165, 1.54) is 0 Å². The lowest BCUT2D eigenvalue weighted by molar-refractivity contribution is 0.770. The van der Waals surface area contributed by atoms with Gasteiger partial charge in [0.25, 0.3) is 0 Å². The monoisotopic (exact) mass is 241 g/mol. The van der Waals surface area contributed by atoms with Crippen LogP contribution in [-0.2, 0) is 6.42 Å². The van der Waals surface area contributed by atoms with Gasteiger partial charge in [-0.25, -0.2) is 9.97 Å². The normalized spacial score (nSPS) is 10.5. The predicted octanol–water partition coefficient (Wildman–Crippen LogP) is 2.80. The molecule has 0 aromatic carbocycles. The minimum Gasteiger partial charge on any atom is -0.355 e. The van der Waals surface area contributed by atoms with E-state index in [0.717, 1.165) is 43.3 Å². The Morgan fingerprint density at radius 3 is 2.56 bits per heavy atom. The smallest absolute Gasteiger partial charge is 0.132 e. The summed E-state index contributed by atoms with van der Waals surface area (Å²) in [5.74, 6) is 2.47. The molecule has 4 heteroatoms. The standard InChI is InChI=1S/C12H20ClN3/c1-4-7-16(8-6-13)12-9-11(5-2)14-10(3)15-12/h9H,4-8H2,1-3H3. The van der Waals surface area contributed by atoms with Crippen molar-refractivity contribution < 1.29 is 0 Å². The topological polar surface area (TPSA) is 29.0 Å². The van der Waals surface area contributed by atoms with E-state index in [0.29, 0.717) is 5.88 Å². The molecule has 0 aliphatic carbocycles. The van der Waals surface area contributed by atoms with Crippen LogP contribution in [0.2, 0.25) is 0 Å². The van der Waals surface area contributed by atoms with Crippen LogP contribution in [0.3, 0.4) is 0 Å². The molecule has 0 unspecified atom stereocenters. The lowest BCUT2D eigenvalue weighted by atomic mass is 10.3. The average Bonchev–Trinajstić information content (AvgIpc) is 2.28. The number of rotatable bonds is 6. The van der Waals surface area contributed by atoms with Gasteiger partial charge in [0.2, 0.25) is 0 Å². The van der Waals surface area contributed by atoms with Crippen LogP contribution in [0.25, 0.3) is 0 Å². The van der Waals surface area contributed by atoms with Crippen LogP contribution in [0.1, 0.15) is 31.8 Å². The molecule has 0 spiro atoms. The van der Waals surface area contributed by atoms with Gasteiger partial charge in [-0.2, -0.15) is 0 Å². The maximum atomic E-state index is 5.81. The number of halogens is 1. The minimum atomic E-state index is 0.629. The van der Waals surface area contributed by atoms with Crippen LogP contribution in [0.15, 0.2) is 6.07 Å². The summed E-state index contributed by atoms with van der Waals surface area (Å²) < 4.78 is 0. The number of anilines is 1. The van der Waals surface area contributed by atoms with Gasteiger partial charge >= 0.3 is 0 Å². The zero-order valence-corrected chi connectivity index (χ0v) is 11.1. The molecule has 0 radical (unpaired) electrons. The van der Waals surface area contributed by atoms with Crippen molar-refractivity contribution in [1.82, 2.24) is 9.97 Å². The summed E-state index contributed by atoms with van der Waals surface area (Å²) in [6, 6.07) is 2.06. The quantitative estimate of drug-likeness (QED) is 0.718. The molecule has 0 aliphatic rings. The van der Waals surface area contributed by atoms with Gasteiger partial charge in [0, 0.05) is 30.7 Å². The van der Waals surface area contributed by atoms with Crippen molar-refractivity contribution >= 4 is 17.4 Å². The Kier molecular flexibility index (Phi) is 5.53. The summed E-state index contributed by atoms with van der Waals surface area (Å²) in [6.07, 6.45) is 2.04. The van der Waals surface area contributed by atoms with Crippen LogP contribution in [-0.4, -0.2) is 28.9 Å². The van der Waals surface area contributed by atoms with Gasteiger partial charge in [-0.1, -0.05) is 13.8 Å². The Morgan fingerprint density at radius 2 is 2.00 bits per heavy atom. The molecule has 1 rings (SSSR count). The molecule has 0 atom stereocenters. The van der Waals surface area contributed by atoms with E-state index in [1.807, 2.05) is 6.92 Å². The maximum absolute atomic E-state index is 5.81. The molecule has 0 bridgehead atoms. The van der Waals surface area contributed by atoms with Crippen LogP contribution in [0.4, 0.5) is 5.82 Å². The van der Waals surface area contributed by atoms with Gasteiger partial charge in [0.1, 0.15) is 11.6 Å². The van der Waals surface area contributed by atoms with E-state index in [2.05, 4.69) is 34.8 Å². The second-order valence-corrected chi connectivity index (χ2v) is 4.17. The van der Waals surface area contributed by atoms with Crippen LogP contribution in [0, 0.1) is 6.92 Å². The van der Waals surface area contributed by atoms with Gasteiger partial charge in [-0.15, -0.1) is 11.6 Å². The van der Waals surface area contributed by atoms with Gasteiger partial charge in [0.05, 0.1) is 0 Å².